The third kappa shape index (κ3) is 2.43. The molecule has 86 valence electrons. The first-order valence-corrected chi connectivity index (χ1v) is 5.91. The van der Waals surface area contributed by atoms with Crippen LogP contribution in [-0.2, 0) is 9.05 Å². The summed E-state index contributed by atoms with van der Waals surface area (Å²) < 4.78 is 59.2. The first-order valence-electron chi connectivity index (χ1n) is 3.60. The summed E-state index contributed by atoms with van der Waals surface area (Å²) in [6, 6.07) is 1.46. The van der Waals surface area contributed by atoms with E-state index in [4.69, 9.17) is 15.9 Å². The zero-order valence-corrected chi connectivity index (χ0v) is 8.86. The summed E-state index contributed by atoms with van der Waals surface area (Å²) in [4.78, 5) is 2.95. The molecule has 0 amide bonds. The van der Waals surface area contributed by atoms with E-state index < -0.39 is 37.6 Å². The van der Waals surface area contributed by atoms with Gasteiger partial charge in [0.25, 0.3) is 15.5 Å². The predicted molar refractivity (Wildman–Crippen MR) is 46.9 cm³/mol. The van der Waals surface area contributed by atoms with E-state index in [0.29, 0.717) is 0 Å². The molecule has 1 aromatic heterocycles. The summed E-state index contributed by atoms with van der Waals surface area (Å²) in [7, 11) is 0.279. The molecule has 0 saturated heterocycles. The van der Waals surface area contributed by atoms with Gasteiger partial charge in [-0.1, -0.05) is 0 Å². The van der Waals surface area contributed by atoms with Gasteiger partial charge in [-0.05, 0) is 6.07 Å². The van der Waals surface area contributed by atoms with Crippen LogP contribution in [0.5, 0.6) is 0 Å². The number of nitriles is 1. The molecule has 1 rings (SSSR count). The Bertz CT molecular complexity index is 568. The Hall–Kier alpha value is -1.33. The standard InChI is InChI=1S/C7H2ClF3N2O2S/c8-16(14,15)7-4(9)1-3(6(10)11)5(2-12)13-7/h1,6H. The second-order valence-corrected chi connectivity index (χ2v) is 5.04. The molecule has 0 N–H and O–H groups in total. The van der Waals surface area contributed by atoms with Crippen LogP contribution < -0.4 is 0 Å². The topological polar surface area (TPSA) is 70.8 Å². The van der Waals surface area contributed by atoms with Crippen LogP contribution in [0.25, 0.3) is 0 Å². The van der Waals surface area contributed by atoms with Crippen LogP contribution in [0.15, 0.2) is 11.1 Å². The molecule has 0 fully saturated rings. The quantitative estimate of drug-likeness (QED) is 0.770. The number of alkyl halides is 2. The van der Waals surface area contributed by atoms with Crippen LogP contribution >= 0.6 is 10.7 Å². The summed E-state index contributed by atoms with van der Waals surface area (Å²) >= 11 is 0. The van der Waals surface area contributed by atoms with Crippen LogP contribution in [0.1, 0.15) is 17.7 Å². The molecule has 0 atom stereocenters. The van der Waals surface area contributed by atoms with Gasteiger partial charge in [0.2, 0.25) is 5.03 Å². The van der Waals surface area contributed by atoms with Crippen LogP contribution in [-0.4, -0.2) is 13.4 Å². The molecule has 0 aliphatic carbocycles. The van der Waals surface area contributed by atoms with Crippen molar-refractivity contribution in [2.24, 2.45) is 0 Å². The third-order valence-electron chi connectivity index (χ3n) is 1.55. The van der Waals surface area contributed by atoms with E-state index in [2.05, 4.69) is 4.98 Å². The predicted octanol–water partition coefficient (Wildman–Crippen LogP) is 1.96. The van der Waals surface area contributed by atoms with E-state index in [9.17, 15) is 21.6 Å². The van der Waals surface area contributed by atoms with E-state index in [1.807, 2.05) is 0 Å². The van der Waals surface area contributed by atoms with Gasteiger partial charge in [-0.25, -0.2) is 26.6 Å². The fourth-order valence-corrected chi connectivity index (χ4v) is 1.73. The minimum atomic E-state index is -4.52. The highest BCUT2D eigenvalue weighted by Crippen LogP contribution is 2.26. The molecule has 0 radical (unpaired) electrons. The zero-order valence-electron chi connectivity index (χ0n) is 7.29. The van der Waals surface area contributed by atoms with Gasteiger partial charge in [-0.3, -0.25) is 0 Å². The number of aromatic nitrogens is 1. The fraction of sp³-hybridized carbons (Fsp3) is 0.143. The molecule has 1 heterocycles. The van der Waals surface area contributed by atoms with Crippen LogP contribution in [0.3, 0.4) is 0 Å². The lowest BCUT2D eigenvalue weighted by Gasteiger charge is -2.04. The molecule has 0 spiro atoms. The minimum absolute atomic E-state index is 0.228. The lowest BCUT2D eigenvalue weighted by atomic mass is 10.2. The van der Waals surface area contributed by atoms with Crippen molar-refractivity contribution in [3.8, 4) is 6.07 Å². The summed E-state index contributed by atoms with van der Waals surface area (Å²) in [6.07, 6.45) is -3.14. The monoisotopic (exact) mass is 270 g/mol. The first-order chi connectivity index (χ1) is 7.27. The average Bonchev–Trinajstić information content (AvgIpc) is 2.15. The van der Waals surface area contributed by atoms with Gasteiger partial charge >= 0.3 is 0 Å². The van der Waals surface area contributed by atoms with E-state index in [-0.39, 0.29) is 6.07 Å². The van der Waals surface area contributed by atoms with Gasteiger partial charge in [-0.15, -0.1) is 0 Å². The summed E-state index contributed by atoms with van der Waals surface area (Å²) in [5, 5.41) is 7.20. The Morgan fingerprint density at radius 3 is 2.44 bits per heavy atom. The van der Waals surface area contributed by atoms with Crippen LogP contribution in [0.4, 0.5) is 13.2 Å². The molecule has 9 heteroatoms. The van der Waals surface area contributed by atoms with Crippen LogP contribution in [0, 0.1) is 17.1 Å². The van der Waals surface area contributed by atoms with Crippen LogP contribution in [0.2, 0.25) is 0 Å². The maximum atomic E-state index is 13.1. The number of hydrogen-bond acceptors (Lipinski definition) is 4. The van der Waals surface area contributed by atoms with E-state index >= 15 is 0 Å². The lowest BCUT2D eigenvalue weighted by Crippen LogP contribution is -2.05. The minimum Gasteiger partial charge on any atom is -0.221 e. The molecule has 0 unspecified atom stereocenters. The molecular formula is C7H2ClF3N2O2S. The van der Waals surface area contributed by atoms with Crippen molar-refractivity contribution in [3.63, 3.8) is 0 Å². The molecule has 16 heavy (non-hydrogen) atoms. The Balaban J connectivity index is 3.58. The molecule has 0 saturated carbocycles. The molecule has 0 aliphatic heterocycles. The smallest absolute Gasteiger partial charge is 0.221 e. The third-order valence-corrected chi connectivity index (χ3v) is 2.73. The molecule has 1 aromatic rings. The normalized spacial score (nSPS) is 11.5. The van der Waals surface area contributed by atoms with E-state index in [0.717, 1.165) is 0 Å². The van der Waals surface area contributed by atoms with Crippen molar-refractivity contribution in [3.05, 3.63) is 23.1 Å². The Labute approximate surface area is 92.7 Å². The highest BCUT2D eigenvalue weighted by atomic mass is 35.7. The number of hydrogen-bond donors (Lipinski definition) is 0. The Kier molecular flexibility index (Phi) is 3.40. The number of pyridine rings is 1. The van der Waals surface area contributed by atoms with E-state index in [1.165, 1.54) is 6.07 Å². The maximum absolute atomic E-state index is 13.1. The average molecular weight is 271 g/mol. The largest absolute Gasteiger partial charge is 0.281 e. The Morgan fingerprint density at radius 2 is 2.06 bits per heavy atom. The molecule has 4 nitrogen and oxygen atoms in total. The maximum Gasteiger partial charge on any atom is 0.281 e. The van der Waals surface area contributed by atoms with Gasteiger partial charge in [0.1, 0.15) is 6.07 Å². The van der Waals surface area contributed by atoms with Crippen molar-refractivity contribution in [1.29, 1.82) is 5.26 Å². The molecular weight excluding hydrogens is 269 g/mol. The summed E-state index contributed by atoms with van der Waals surface area (Å²) in [6.45, 7) is 0. The highest BCUT2D eigenvalue weighted by Gasteiger charge is 2.24. The van der Waals surface area contributed by atoms with Gasteiger partial charge in [-0.2, -0.15) is 5.26 Å². The lowest BCUT2D eigenvalue weighted by molar-refractivity contribution is 0.149. The molecule has 0 aliphatic rings. The van der Waals surface area contributed by atoms with Gasteiger partial charge < -0.3 is 0 Å². The molecule has 0 aromatic carbocycles. The second-order valence-electron chi connectivity index (χ2n) is 2.56. The Morgan fingerprint density at radius 1 is 1.50 bits per heavy atom. The first kappa shape index (κ1) is 12.7. The molecule has 0 bridgehead atoms. The fourth-order valence-electron chi connectivity index (χ4n) is 0.913. The highest BCUT2D eigenvalue weighted by molar-refractivity contribution is 8.13. The second kappa shape index (κ2) is 4.27. The zero-order chi connectivity index (χ0) is 12.5. The summed E-state index contributed by atoms with van der Waals surface area (Å²) in [5.41, 5.74) is -1.86. The van der Waals surface area contributed by atoms with Gasteiger partial charge in [0.15, 0.2) is 11.5 Å². The van der Waals surface area contributed by atoms with Gasteiger partial charge in [0.05, 0.1) is 5.56 Å². The SMILES string of the molecule is N#Cc1nc(S(=O)(=O)Cl)c(F)cc1C(F)F. The number of nitrogens with zero attached hydrogens (tertiary/aromatic N) is 2. The van der Waals surface area contributed by atoms with Gasteiger partial charge in [0, 0.05) is 10.7 Å². The van der Waals surface area contributed by atoms with Crippen molar-refractivity contribution in [2.75, 3.05) is 0 Å². The van der Waals surface area contributed by atoms with Crippen molar-refractivity contribution < 1.29 is 21.6 Å². The van der Waals surface area contributed by atoms with E-state index in [1.54, 1.807) is 0 Å². The summed E-state index contributed by atoms with van der Waals surface area (Å²) in [5.74, 6) is -1.52. The number of rotatable bonds is 2. The van der Waals surface area contributed by atoms with Crippen molar-refractivity contribution >= 4 is 19.7 Å². The van der Waals surface area contributed by atoms with Crippen molar-refractivity contribution in [1.82, 2.24) is 4.98 Å². The number of halogens is 4. The van der Waals surface area contributed by atoms with Crippen molar-refractivity contribution in [2.45, 2.75) is 11.5 Å².